The number of fused-ring (bicyclic) bond motifs is 1. The van der Waals surface area contributed by atoms with Crippen LogP contribution in [0.2, 0.25) is 0 Å². The van der Waals surface area contributed by atoms with Crippen molar-refractivity contribution in [1.82, 2.24) is 0 Å². The number of carbonyl (C=O) groups excluding carboxylic acids is 1. The number of aliphatic hydroxyl groups is 1. The first-order valence-electron chi connectivity index (χ1n) is 9.81. The van der Waals surface area contributed by atoms with Crippen LogP contribution in [-0.2, 0) is 23.2 Å². The molecule has 0 saturated heterocycles. The Morgan fingerprint density at radius 1 is 1.03 bits per heavy atom. The van der Waals surface area contributed by atoms with Gasteiger partial charge in [0.05, 0.1) is 13.5 Å². The summed E-state index contributed by atoms with van der Waals surface area (Å²) in [5, 5.41) is 9.71. The van der Waals surface area contributed by atoms with Gasteiger partial charge in [-0.05, 0) is 37.0 Å². The summed E-state index contributed by atoms with van der Waals surface area (Å²) in [6, 6.07) is 9.16. The lowest BCUT2D eigenvalue weighted by atomic mass is 9.89. The number of para-hydroxylation sites is 1. The number of benzene rings is 2. The quantitative estimate of drug-likeness (QED) is 0.658. The van der Waals surface area contributed by atoms with E-state index in [1.807, 2.05) is 0 Å². The maximum absolute atomic E-state index is 13.3. The van der Waals surface area contributed by atoms with Crippen molar-refractivity contribution in [2.45, 2.75) is 43.6 Å². The zero-order chi connectivity index (χ0) is 23.7. The third kappa shape index (κ3) is 4.28. The van der Waals surface area contributed by atoms with Gasteiger partial charge in [0.25, 0.3) is 5.60 Å². The van der Waals surface area contributed by atoms with E-state index in [1.165, 1.54) is 12.0 Å². The number of alkyl halides is 6. The van der Waals surface area contributed by atoms with Gasteiger partial charge in [-0.15, -0.1) is 0 Å². The summed E-state index contributed by atoms with van der Waals surface area (Å²) in [5.74, 6) is 0.124. The fraction of sp³-hybridized carbons (Fsp3) is 0.409. The van der Waals surface area contributed by atoms with Gasteiger partial charge in [-0.25, -0.2) is 0 Å². The van der Waals surface area contributed by atoms with Crippen LogP contribution in [0.1, 0.15) is 29.5 Å². The summed E-state index contributed by atoms with van der Waals surface area (Å²) >= 11 is 0. The molecule has 0 bridgehead atoms. The number of ether oxygens (including phenoxy) is 1. The molecule has 0 saturated carbocycles. The van der Waals surface area contributed by atoms with Crippen molar-refractivity contribution in [3.8, 4) is 5.75 Å². The summed E-state index contributed by atoms with van der Waals surface area (Å²) in [6.07, 6.45) is -10.8. The Morgan fingerprint density at radius 2 is 1.69 bits per heavy atom. The largest absolute Gasteiger partial charge is 0.496 e. The molecule has 1 aliphatic rings. The summed E-state index contributed by atoms with van der Waals surface area (Å²) in [7, 11) is 1.45. The van der Waals surface area contributed by atoms with Gasteiger partial charge >= 0.3 is 12.4 Å². The highest BCUT2D eigenvalue weighted by molar-refractivity contribution is 5.96. The first-order valence-corrected chi connectivity index (χ1v) is 9.81. The summed E-state index contributed by atoms with van der Waals surface area (Å²) in [4.78, 5) is 14.4. The third-order valence-corrected chi connectivity index (χ3v) is 5.52. The molecule has 1 aliphatic heterocycles. The first kappa shape index (κ1) is 23.9. The molecule has 1 N–H and O–H groups in total. The van der Waals surface area contributed by atoms with Crippen LogP contribution < -0.4 is 9.64 Å². The molecule has 2 aromatic rings. The lowest BCUT2D eigenvalue weighted by Gasteiger charge is -2.33. The van der Waals surface area contributed by atoms with Crippen molar-refractivity contribution >= 4 is 11.6 Å². The van der Waals surface area contributed by atoms with Gasteiger partial charge in [0, 0.05) is 23.4 Å². The molecule has 0 aromatic heterocycles. The highest BCUT2D eigenvalue weighted by Crippen LogP contribution is 2.50. The Morgan fingerprint density at radius 3 is 2.31 bits per heavy atom. The van der Waals surface area contributed by atoms with Crippen LogP contribution >= 0.6 is 0 Å². The minimum atomic E-state index is -5.97. The van der Waals surface area contributed by atoms with Crippen molar-refractivity contribution in [2.75, 3.05) is 18.6 Å². The van der Waals surface area contributed by atoms with Gasteiger partial charge in [-0.3, -0.25) is 4.79 Å². The van der Waals surface area contributed by atoms with Crippen LogP contribution in [0.3, 0.4) is 0 Å². The van der Waals surface area contributed by atoms with E-state index in [-0.39, 0.29) is 36.5 Å². The molecule has 0 atom stereocenters. The van der Waals surface area contributed by atoms with Crippen molar-refractivity contribution in [3.63, 3.8) is 0 Å². The van der Waals surface area contributed by atoms with E-state index in [4.69, 9.17) is 4.74 Å². The molecule has 0 radical (unpaired) electrons. The average Bonchev–Trinajstić information content (AvgIpc) is 2.93. The van der Waals surface area contributed by atoms with Crippen LogP contribution in [0.5, 0.6) is 5.75 Å². The minimum Gasteiger partial charge on any atom is -0.496 e. The molecule has 3 rings (SSSR count). The van der Waals surface area contributed by atoms with Crippen molar-refractivity contribution in [3.05, 3.63) is 59.2 Å². The van der Waals surface area contributed by atoms with Gasteiger partial charge in [0.2, 0.25) is 5.91 Å². The number of anilines is 1. The summed E-state index contributed by atoms with van der Waals surface area (Å²) < 4.78 is 84.9. The molecule has 0 aliphatic carbocycles. The van der Waals surface area contributed by atoms with Crippen molar-refractivity contribution in [2.24, 2.45) is 0 Å². The van der Waals surface area contributed by atoms with Crippen LogP contribution in [0.15, 0.2) is 42.5 Å². The van der Waals surface area contributed by atoms with E-state index in [0.717, 1.165) is 6.07 Å². The standard InChI is InChI=1S/C22H21F6NO3/c1-32-18-8-3-2-7-15(18)13-19(30)29-11-5-4-6-14-12-16(9-10-17(14)29)20(31,21(23,24)25)22(26,27)28/h2-3,7-10,12,31H,4-6,11,13H2,1H3. The fourth-order valence-electron chi connectivity index (χ4n) is 3.83. The predicted octanol–water partition coefficient (Wildman–Crippen LogP) is 4.92. The normalized spacial score (nSPS) is 15.2. The summed E-state index contributed by atoms with van der Waals surface area (Å²) in [5.41, 5.74) is -5.35. The Hall–Kier alpha value is -2.75. The Bertz CT molecular complexity index is 972. The maximum atomic E-state index is 13.3. The molecular formula is C22H21F6NO3. The molecule has 0 spiro atoms. The second-order valence-electron chi connectivity index (χ2n) is 7.54. The topological polar surface area (TPSA) is 49.8 Å². The van der Waals surface area contributed by atoms with Crippen LogP contribution in [-0.4, -0.2) is 37.0 Å². The predicted molar refractivity (Wildman–Crippen MR) is 104 cm³/mol. The molecule has 32 heavy (non-hydrogen) atoms. The van der Waals surface area contributed by atoms with Crippen molar-refractivity contribution < 1.29 is 41.0 Å². The van der Waals surface area contributed by atoms with E-state index in [9.17, 15) is 36.2 Å². The number of rotatable bonds is 4. The minimum absolute atomic E-state index is 0.0553. The zero-order valence-electron chi connectivity index (χ0n) is 17.1. The van der Waals surface area contributed by atoms with Gasteiger partial charge < -0.3 is 14.7 Å². The van der Waals surface area contributed by atoms with Gasteiger partial charge in [0.1, 0.15) is 5.75 Å². The van der Waals surface area contributed by atoms with E-state index in [0.29, 0.717) is 36.3 Å². The van der Waals surface area contributed by atoms with E-state index in [2.05, 4.69) is 0 Å². The van der Waals surface area contributed by atoms with E-state index in [1.54, 1.807) is 24.3 Å². The molecule has 2 aromatic carbocycles. The lowest BCUT2D eigenvalue weighted by molar-refractivity contribution is -0.376. The molecule has 0 unspecified atom stereocenters. The molecule has 4 nitrogen and oxygen atoms in total. The number of methoxy groups -OCH3 is 1. The monoisotopic (exact) mass is 461 g/mol. The van der Waals surface area contributed by atoms with Crippen molar-refractivity contribution in [1.29, 1.82) is 0 Å². The number of aryl methyl sites for hydroxylation is 1. The Balaban J connectivity index is 2.00. The number of halogens is 6. The summed E-state index contributed by atoms with van der Waals surface area (Å²) in [6.45, 7) is 0.267. The maximum Gasteiger partial charge on any atom is 0.430 e. The second-order valence-corrected chi connectivity index (χ2v) is 7.54. The van der Waals surface area contributed by atoms with E-state index < -0.39 is 23.5 Å². The van der Waals surface area contributed by atoms with Gasteiger partial charge in [-0.2, -0.15) is 26.3 Å². The molecule has 1 heterocycles. The number of amides is 1. The Kier molecular flexibility index (Phi) is 6.46. The number of carbonyl (C=O) groups is 1. The number of hydrogen-bond donors (Lipinski definition) is 1. The van der Waals surface area contributed by atoms with Crippen LogP contribution in [0, 0.1) is 0 Å². The van der Waals surface area contributed by atoms with E-state index >= 15 is 0 Å². The lowest BCUT2D eigenvalue weighted by Crippen LogP contribution is -2.54. The number of hydrogen-bond acceptors (Lipinski definition) is 3. The Labute approximate surface area is 180 Å². The zero-order valence-corrected chi connectivity index (χ0v) is 17.1. The SMILES string of the molecule is COc1ccccc1CC(=O)N1CCCCc2cc(C(O)(C(F)(F)F)C(F)(F)F)ccc21. The highest BCUT2D eigenvalue weighted by Gasteiger charge is 2.71. The number of nitrogens with zero attached hydrogens (tertiary/aromatic N) is 1. The molecule has 10 heteroatoms. The van der Waals surface area contributed by atoms with Crippen LogP contribution in [0.4, 0.5) is 32.0 Å². The van der Waals surface area contributed by atoms with Gasteiger partial charge in [-0.1, -0.05) is 30.3 Å². The van der Waals surface area contributed by atoms with Gasteiger partial charge in [0.15, 0.2) is 0 Å². The van der Waals surface area contributed by atoms with Crippen LogP contribution in [0.25, 0.3) is 0 Å². The highest BCUT2D eigenvalue weighted by atomic mass is 19.4. The molecular weight excluding hydrogens is 440 g/mol. The molecule has 174 valence electrons. The third-order valence-electron chi connectivity index (χ3n) is 5.52. The smallest absolute Gasteiger partial charge is 0.430 e. The molecule has 0 fully saturated rings. The molecule has 1 amide bonds. The average molecular weight is 461 g/mol. The fourth-order valence-corrected chi connectivity index (χ4v) is 3.83. The first-order chi connectivity index (χ1) is 14.9. The second kappa shape index (κ2) is 8.65.